The molecule has 3 heteroatoms. The standard InChI is InChI=1S/C16H25NO2/c1-5-14(17)10-13-6-7-15(16(11-13)18-4)19-9-8-12(2)3/h6-8,11,14H,5,9-10,17H2,1-4H3. The van der Waals surface area contributed by atoms with E-state index in [1.807, 2.05) is 18.2 Å². The summed E-state index contributed by atoms with van der Waals surface area (Å²) in [7, 11) is 1.66. The smallest absolute Gasteiger partial charge is 0.161 e. The molecule has 0 radical (unpaired) electrons. The molecule has 19 heavy (non-hydrogen) atoms. The van der Waals surface area contributed by atoms with Gasteiger partial charge in [-0.2, -0.15) is 0 Å². The van der Waals surface area contributed by atoms with E-state index < -0.39 is 0 Å². The summed E-state index contributed by atoms with van der Waals surface area (Å²) in [5.74, 6) is 1.54. The Morgan fingerprint density at radius 1 is 1.32 bits per heavy atom. The zero-order valence-corrected chi connectivity index (χ0v) is 12.4. The van der Waals surface area contributed by atoms with Gasteiger partial charge >= 0.3 is 0 Å². The van der Waals surface area contributed by atoms with Gasteiger partial charge in [-0.25, -0.2) is 0 Å². The van der Waals surface area contributed by atoms with Crippen molar-refractivity contribution in [3.8, 4) is 11.5 Å². The van der Waals surface area contributed by atoms with E-state index in [0.29, 0.717) is 6.61 Å². The van der Waals surface area contributed by atoms with Crippen LogP contribution in [0.2, 0.25) is 0 Å². The summed E-state index contributed by atoms with van der Waals surface area (Å²) in [6, 6.07) is 6.21. The molecule has 0 amide bonds. The maximum atomic E-state index is 5.97. The van der Waals surface area contributed by atoms with E-state index in [0.717, 1.165) is 24.3 Å². The van der Waals surface area contributed by atoms with Gasteiger partial charge in [-0.15, -0.1) is 0 Å². The van der Waals surface area contributed by atoms with Crippen LogP contribution in [-0.2, 0) is 6.42 Å². The summed E-state index contributed by atoms with van der Waals surface area (Å²) in [6.07, 6.45) is 3.88. The molecule has 3 nitrogen and oxygen atoms in total. The zero-order chi connectivity index (χ0) is 14.3. The van der Waals surface area contributed by atoms with Crippen LogP contribution in [0.4, 0.5) is 0 Å². The summed E-state index contributed by atoms with van der Waals surface area (Å²) >= 11 is 0. The number of hydrogen-bond acceptors (Lipinski definition) is 3. The summed E-state index contributed by atoms with van der Waals surface area (Å²) in [5, 5.41) is 0. The van der Waals surface area contributed by atoms with Crippen molar-refractivity contribution in [1.82, 2.24) is 0 Å². The van der Waals surface area contributed by atoms with Gasteiger partial charge in [0.25, 0.3) is 0 Å². The van der Waals surface area contributed by atoms with Gasteiger partial charge in [0, 0.05) is 6.04 Å². The number of hydrogen-bond donors (Lipinski definition) is 1. The van der Waals surface area contributed by atoms with Crippen LogP contribution < -0.4 is 15.2 Å². The maximum absolute atomic E-state index is 5.97. The number of ether oxygens (including phenoxy) is 2. The van der Waals surface area contributed by atoms with Gasteiger partial charge < -0.3 is 15.2 Å². The molecule has 0 spiro atoms. The monoisotopic (exact) mass is 263 g/mol. The Bertz CT molecular complexity index is 423. The second-order valence-electron chi connectivity index (χ2n) is 4.95. The molecule has 0 saturated carbocycles. The Balaban J connectivity index is 2.75. The van der Waals surface area contributed by atoms with Crippen molar-refractivity contribution in [3.63, 3.8) is 0 Å². The Morgan fingerprint density at radius 2 is 2.05 bits per heavy atom. The molecule has 2 N–H and O–H groups in total. The normalized spacial score (nSPS) is 11.8. The molecule has 0 aromatic heterocycles. The van der Waals surface area contributed by atoms with Crippen molar-refractivity contribution in [2.24, 2.45) is 5.73 Å². The molecular formula is C16H25NO2. The molecule has 1 unspecified atom stereocenters. The lowest BCUT2D eigenvalue weighted by Crippen LogP contribution is -2.21. The highest BCUT2D eigenvalue weighted by atomic mass is 16.5. The summed E-state index contributed by atoms with van der Waals surface area (Å²) in [4.78, 5) is 0. The van der Waals surface area contributed by atoms with Gasteiger partial charge in [-0.05, 0) is 50.5 Å². The highest BCUT2D eigenvalue weighted by Gasteiger charge is 2.07. The van der Waals surface area contributed by atoms with Crippen LogP contribution >= 0.6 is 0 Å². The van der Waals surface area contributed by atoms with Gasteiger partial charge in [0.05, 0.1) is 7.11 Å². The zero-order valence-electron chi connectivity index (χ0n) is 12.4. The van der Waals surface area contributed by atoms with E-state index in [1.54, 1.807) is 7.11 Å². The van der Waals surface area contributed by atoms with Crippen molar-refractivity contribution in [2.75, 3.05) is 13.7 Å². The number of benzene rings is 1. The summed E-state index contributed by atoms with van der Waals surface area (Å²) in [5.41, 5.74) is 8.39. The van der Waals surface area contributed by atoms with Crippen LogP contribution in [0, 0.1) is 0 Å². The lowest BCUT2D eigenvalue weighted by atomic mass is 10.0. The average Bonchev–Trinajstić information content (AvgIpc) is 2.39. The Labute approximate surface area is 116 Å². The van der Waals surface area contributed by atoms with Crippen molar-refractivity contribution < 1.29 is 9.47 Å². The molecule has 0 saturated heterocycles. The summed E-state index contributed by atoms with van der Waals surface area (Å²) in [6.45, 7) is 6.76. The third-order valence-corrected chi connectivity index (χ3v) is 2.98. The predicted octanol–water partition coefficient (Wildman–Crippen LogP) is 3.32. The first-order valence-electron chi connectivity index (χ1n) is 6.75. The molecule has 1 rings (SSSR count). The fourth-order valence-corrected chi connectivity index (χ4v) is 1.70. The van der Waals surface area contributed by atoms with E-state index >= 15 is 0 Å². The highest BCUT2D eigenvalue weighted by Crippen LogP contribution is 2.28. The van der Waals surface area contributed by atoms with E-state index in [1.165, 1.54) is 11.1 Å². The lowest BCUT2D eigenvalue weighted by molar-refractivity contribution is 0.325. The first-order valence-corrected chi connectivity index (χ1v) is 6.75. The molecule has 1 aromatic rings. The number of rotatable bonds is 7. The Morgan fingerprint density at radius 3 is 2.63 bits per heavy atom. The Hall–Kier alpha value is -1.48. The molecule has 0 aliphatic heterocycles. The van der Waals surface area contributed by atoms with Gasteiger partial charge in [-0.1, -0.05) is 18.6 Å². The summed E-state index contributed by atoms with van der Waals surface area (Å²) < 4.78 is 11.1. The number of nitrogens with two attached hydrogens (primary N) is 1. The minimum atomic E-state index is 0.196. The van der Waals surface area contributed by atoms with Crippen molar-refractivity contribution in [3.05, 3.63) is 35.4 Å². The third-order valence-electron chi connectivity index (χ3n) is 2.98. The molecule has 1 aromatic carbocycles. The average molecular weight is 263 g/mol. The van der Waals surface area contributed by atoms with E-state index in [9.17, 15) is 0 Å². The molecule has 0 fully saturated rings. The quantitative estimate of drug-likeness (QED) is 0.767. The minimum absolute atomic E-state index is 0.196. The molecule has 1 atom stereocenters. The Kier molecular flexibility index (Phi) is 6.43. The van der Waals surface area contributed by atoms with Gasteiger partial charge in [0.1, 0.15) is 6.61 Å². The van der Waals surface area contributed by atoms with Crippen molar-refractivity contribution in [1.29, 1.82) is 0 Å². The maximum Gasteiger partial charge on any atom is 0.161 e. The second-order valence-corrected chi connectivity index (χ2v) is 4.95. The fraction of sp³-hybridized carbons (Fsp3) is 0.500. The molecule has 0 heterocycles. The highest BCUT2D eigenvalue weighted by molar-refractivity contribution is 5.43. The van der Waals surface area contributed by atoms with E-state index in [4.69, 9.17) is 15.2 Å². The first kappa shape index (κ1) is 15.6. The van der Waals surface area contributed by atoms with Gasteiger partial charge in [-0.3, -0.25) is 0 Å². The van der Waals surface area contributed by atoms with Crippen LogP contribution in [-0.4, -0.2) is 19.8 Å². The molecule has 106 valence electrons. The predicted molar refractivity (Wildman–Crippen MR) is 79.9 cm³/mol. The van der Waals surface area contributed by atoms with Crippen LogP contribution in [0.1, 0.15) is 32.8 Å². The first-order chi connectivity index (χ1) is 9.06. The van der Waals surface area contributed by atoms with Crippen molar-refractivity contribution >= 4 is 0 Å². The lowest BCUT2D eigenvalue weighted by Gasteiger charge is -2.13. The van der Waals surface area contributed by atoms with Gasteiger partial charge in [0.15, 0.2) is 11.5 Å². The second kappa shape index (κ2) is 7.85. The number of methoxy groups -OCH3 is 1. The molecule has 0 aliphatic rings. The van der Waals surface area contributed by atoms with Gasteiger partial charge in [0.2, 0.25) is 0 Å². The molecule has 0 bridgehead atoms. The van der Waals surface area contributed by atoms with Crippen LogP contribution in [0.5, 0.6) is 11.5 Å². The van der Waals surface area contributed by atoms with E-state index in [-0.39, 0.29) is 6.04 Å². The topological polar surface area (TPSA) is 44.5 Å². The largest absolute Gasteiger partial charge is 0.493 e. The van der Waals surface area contributed by atoms with E-state index in [2.05, 4.69) is 26.8 Å². The van der Waals surface area contributed by atoms with Crippen molar-refractivity contribution in [2.45, 2.75) is 39.7 Å². The van der Waals surface area contributed by atoms with Crippen LogP contribution in [0.3, 0.4) is 0 Å². The fourth-order valence-electron chi connectivity index (χ4n) is 1.70. The molecule has 0 aliphatic carbocycles. The van der Waals surface area contributed by atoms with Crippen LogP contribution in [0.15, 0.2) is 29.8 Å². The number of allylic oxidation sites excluding steroid dienone is 1. The third kappa shape index (κ3) is 5.35. The SMILES string of the molecule is CCC(N)Cc1ccc(OCC=C(C)C)c(OC)c1. The minimum Gasteiger partial charge on any atom is -0.493 e. The molecular weight excluding hydrogens is 238 g/mol. The van der Waals surface area contributed by atoms with Crippen LogP contribution in [0.25, 0.3) is 0 Å².